The molecule has 1 aromatic rings. The lowest BCUT2D eigenvalue weighted by atomic mass is 9.95. The Balaban J connectivity index is 1.99. The number of aromatic nitrogens is 1. The molecular weight excluding hydrogens is 318 g/mol. The monoisotopic (exact) mass is 345 g/mol. The second-order valence-electron chi connectivity index (χ2n) is 6.69. The van der Waals surface area contributed by atoms with Crippen molar-refractivity contribution in [3.63, 3.8) is 0 Å². The Bertz CT molecular complexity index is 648. The highest BCUT2D eigenvalue weighted by Crippen LogP contribution is 2.34. The van der Waals surface area contributed by atoms with E-state index in [1.54, 1.807) is 14.2 Å². The molecule has 7 heteroatoms. The van der Waals surface area contributed by atoms with Crippen LogP contribution in [-0.4, -0.2) is 63.6 Å². The van der Waals surface area contributed by atoms with Crippen LogP contribution in [0.4, 0.5) is 11.6 Å². The number of anilines is 2. The molecule has 0 amide bonds. The summed E-state index contributed by atoms with van der Waals surface area (Å²) in [6, 6.07) is 2.37. The molecule has 0 unspecified atom stereocenters. The van der Waals surface area contributed by atoms with E-state index < -0.39 is 0 Å². The molecule has 2 aliphatic heterocycles. The van der Waals surface area contributed by atoms with E-state index in [1.165, 1.54) is 18.4 Å². The van der Waals surface area contributed by atoms with Gasteiger partial charge in [0.15, 0.2) is 6.29 Å². The largest absolute Gasteiger partial charge is 0.364 e. The first kappa shape index (κ1) is 17.9. The zero-order chi connectivity index (χ0) is 17.8. The Morgan fingerprint density at radius 2 is 1.92 bits per heavy atom. The minimum atomic E-state index is -0.370. The number of nitriles is 1. The number of pyridine rings is 1. The zero-order valence-electron chi connectivity index (χ0n) is 15.3. The fourth-order valence-electron chi connectivity index (χ4n) is 3.63. The molecule has 1 N–H and O–H groups in total. The van der Waals surface area contributed by atoms with Crippen LogP contribution in [0.5, 0.6) is 0 Å². The van der Waals surface area contributed by atoms with Gasteiger partial charge in [-0.3, -0.25) is 0 Å². The molecule has 1 fully saturated rings. The van der Waals surface area contributed by atoms with Crippen LogP contribution < -0.4 is 10.2 Å². The lowest BCUT2D eigenvalue weighted by Crippen LogP contribution is -2.32. The smallest absolute Gasteiger partial charge is 0.173 e. The fraction of sp³-hybridized carbons (Fsp3) is 0.667. The van der Waals surface area contributed by atoms with Gasteiger partial charge in [-0.25, -0.2) is 4.98 Å². The first-order valence-corrected chi connectivity index (χ1v) is 8.86. The average Bonchev–Trinajstić information content (AvgIpc) is 3.16. The number of methoxy groups -OCH3 is 2. The highest BCUT2D eigenvalue weighted by Gasteiger charge is 2.28. The number of nitrogens with zero attached hydrogens (tertiary/aromatic N) is 4. The molecule has 2 aliphatic rings. The maximum absolute atomic E-state index is 9.76. The lowest BCUT2D eigenvalue weighted by molar-refractivity contribution is -0.0914. The predicted octanol–water partition coefficient (Wildman–Crippen LogP) is 1.57. The lowest BCUT2D eigenvalue weighted by Gasteiger charge is -2.31. The van der Waals surface area contributed by atoms with Gasteiger partial charge in [0.25, 0.3) is 0 Å². The van der Waals surface area contributed by atoms with Crippen LogP contribution in [0, 0.1) is 11.3 Å². The molecule has 0 bridgehead atoms. The van der Waals surface area contributed by atoms with Gasteiger partial charge >= 0.3 is 0 Å². The van der Waals surface area contributed by atoms with Gasteiger partial charge in [-0.2, -0.15) is 5.26 Å². The maximum atomic E-state index is 9.76. The van der Waals surface area contributed by atoms with E-state index in [0.29, 0.717) is 17.9 Å². The van der Waals surface area contributed by atoms with Gasteiger partial charge in [-0.05, 0) is 31.9 Å². The normalized spacial score (nSPS) is 17.6. The molecular formula is C18H27N5O2. The molecule has 1 saturated heterocycles. The van der Waals surface area contributed by atoms with E-state index in [4.69, 9.17) is 14.5 Å². The SMILES string of the molecule is COC(CNc1nc(N2CCCC2)c2c(c1C#N)CCN(C)C2)OC. The summed E-state index contributed by atoms with van der Waals surface area (Å²) in [6.45, 7) is 4.33. The van der Waals surface area contributed by atoms with Crippen LogP contribution >= 0.6 is 0 Å². The Labute approximate surface area is 149 Å². The molecule has 0 spiro atoms. The van der Waals surface area contributed by atoms with E-state index in [9.17, 15) is 5.26 Å². The quantitative estimate of drug-likeness (QED) is 0.785. The van der Waals surface area contributed by atoms with Crippen molar-refractivity contribution < 1.29 is 9.47 Å². The molecule has 0 saturated carbocycles. The van der Waals surface area contributed by atoms with Crippen molar-refractivity contribution in [3.8, 4) is 6.07 Å². The van der Waals surface area contributed by atoms with Gasteiger partial charge in [0.2, 0.25) is 0 Å². The number of nitrogens with one attached hydrogen (secondary N) is 1. The molecule has 3 heterocycles. The molecule has 0 aliphatic carbocycles. The fourth-order valence-corrected chi connectivity index (χ4v) is 3.63. The number of ether oxygens (including phenoxy) is 2. The summed E-state index contributed by atoms with van der Waals surface area (Å²) < 4.78 is 10.5. The van der Waals surface area contributed by atoms with E-state index >= 15 is 0 Å². The van der Waals surface area contributed by atoms with Crippen LogP contribution in [0.1, 0.15) is 29.5 Å². The second-order valence-corrected chi connectivity index (χ2v) is 6.69. The standard InChI is InChI=1S/C18H27N5O2/c1-22-9-6-13-14(10-19)17(20-11-16(24-2)25-3)21-18(15(13)12-22)23-7-4-5-8-23/h16H,4-9,11-12H2,1-3H3,(H,20,21). The van der Waals surface area contributed by atoms with E-state index in [1.807, 2.05) is 0 Å². The molecule has 3 rings (SSSR count). The third-order valence-corrected chi connectivity index (χ3v) is 5.04. The van der Waals surface area contributed by atoms with Gasteiger partial charge in [-0.15, -0.1) is 0 Å². The Hall–Kier alpha value is -1.88. The van der Waals surface area contributed by atoms with Crippen LogP contribution in [-0.2, 0) is 22.4 Å². The Morgan fingerprint density at radius 1 is 1.20 bits per heavy atom. The maximum Gasteiger partial charge on any atom is 0.173 e. The highest BCUT2D eigenvalue weighted by molar-refractivity contribution is 5.67. The van der Waals surface area contributed by atoms with Crippen molar-refractivity contribution in [1.82, 2.24) is 9.88 Å². The van der Waals surface area contributed by atoms with Gasteiger partial charge in [0.1, 0.15) is 17.7 Å². The number of rotatable bonds is 6. The van der Waals surface area contributed by atoms with Crippen LogP contribution in [0.25, 0.3) is 0 Å². The Morgan fingerprint density at radius 3 is 2.56 bits per heavy atom. The Kier molecular flexibility index (Phi) is 5.74. The van der Waals surface area contributed by atoms with Crippen molar-refractivity contribution in [1.29, 1.82) is 5.26 Å². The minimum Gasteiger partial charge on any atom is -0.364 e. The molecule has 0 radical (unpaired) electrons. The van der Waals surface area contributed by atoms with Crippen LogP contribution in [0.2, 0.25) is 0 Å². The summed E-state index contributed by atoms with van der Waals surface area (Å²) in [5.74, 6) is 1.68. The number of fused-ring (bicyclic) bond motifs is 1. The van der Waals surface area contributed by atoms with Crippen molar-refractivity contribution in [2.75, 3.05) is 57.7 Å². The van der Waals surface area contributed by atoms with Crippen LogP contribution in [0.3, 0.4) is 0 Å². The molecule has 7 nitrogen and oxygen atoms in total. The van der Waals surface area contributed by atoms with Crippen LogP contribution in [0.15, 0.2) is 0 Å². The van der Waals surface area contributed by atoms with Crippen molar-refractivity contribution in [3.05, 3.63) is 16.7 Å². The third-order valence-electron chi connectivity index (χ3n) is 5.04. The molecule has 0 atom stereocenters. The molecule has 0 aromatic carbocycles. The molecule has 25 heavy (non-hydrogen) atoms. The van der Waals surface area contributed by atoms with Gasteiger partial charge < -0.3 is 24.6 Å². The van der Waals surface area contributed by atoms with Crippen molar-refractivity contribution in [2.24, 2.45) is 0 Å². The van der Waals surface area contributed by atoms with Crippen molar-refractivity contribution >= 4 is 11.6 Å². The summed E-state index contributed by atoms with van der Waals surface area (Å²) >= 11 is 0. The van der Waals surface area contributed by atoms with E-state index in [2.05, 4.69) is 28.2 Å². The number of likely N-dealkylation sites (N-methyl/N-ethyl adjacent to an activating group) is 1. The first-order valence-electron chi connectivity index (χ1n) is 8.86. The summed E-state index contributed by atoms with van der Waals surface area (Å²) in [4.78, 5) is 9.52. The van der Waals surface area contributed by atoms with E-state index in [0.717, 1.165) is 44.0 Å². The third kappa shape index (κ3) is 3.71. The molecule has 1 aromatic heterocycles. The summed E-state index contributed by atoms with van der Waals surface area (Å²) in [5, 5.41) is 13.0. The highest BCUT2D eigenvalue weighted by atomic mass is 16.7. The predicted molar refractivity (Wildman–Crippen MR) is 96.7 cm³/mol. The summed E-state index contributed by atoms with van der Waals surface area (Å²) in [5.41, 5.74) is 3.02. The number of hydrogen-bond donors (Lipinski definition) is 1. The van der Waals surface area contributed by atoms with Crippen molar-refractivity contribution in [2.45, 2.75) is 32.1 Å². The second kappa shape index (κ2) is 8.00. The zero-order valence-corrected chi connectivity index (χ0v) is 15.3. The average molecular weight is 345 g/mol. The minimum absolute atomic E-state index is 0.370. The van der Waals surface area contributed by atoms with Gasteiger partial charge in [0.05, 0.1) is 12.1 Å². The van der Waals surface area contributed by atoms with Gasteiger partial charge in [-0.1, -0.05) is 0 Å². The number of hydrogen-bond acceptors (Lipinski definition) is 7. The van der Waals surface area contributed by atoms with Gasteiger partial charge in [0, 0.05) is 46.0 Å². The molecule has 136 valence electrons. The summed E-state index contributed by atoms with van der Waals surface area (Å²) in [7, 11) is 5.33. The topological polar surface area (TPSA) is 73.7 Å². The first-order chi connectivity index (χ1) is 12.2. The van der Waals surface area contributed by atoms with E-state index in [-0.39, 0.29) is 6.29 Å². The summed E-state index contributed by atoms with van der Waals surface area (Å²) in [6.07, 6.45) is 2.91.